The molecule has 1 N–H and O–H groups in total. The Bertz CT molecular complexity index is 755. The van der Waals surface area contributed by atoms with E-state index in [-0.39, 0.29) is 30.6 Å². The molecule has 4 nitrogen and oxygen atoms in total. The summed E-state index contributed by atoms with van der Waals surface area (Å²) in [6, 6.07) is 15.9. The highest BCUT2D eigenvalue weighted by atomic mass is 16.5. The van der Waals surface area contributed by atoms with Crippen LogP contribution in [0.1, 0.15) is 59.3 Å². The average molecular weight is 367 g/mol. The van der Waals surface area contributed by atoms with Crippen molar-refractivity contribution >= 4 is 11.7 Å². The molecule has 0 aromatic heterocycles. The van der Waals surface area contributed by atoms with Gasteiger partial charge in [-0.1, -0.05) is 48.0 Å². The van der Waals surface area contributed by atoms with Crippen molar-refractivity contribution in [2.24, 2.45) is 0 Å². The standard InChI is InChI=1S/C23H29NO3/c1-17-10-11-18(2)21(16-17)22(25)12-13-23(26)24-14-7-15-27-19(3)20-8-5-4-6-9-20/h4-6,8-11,16,19H,7,12-15H2,1-3H3,(H,24,26). The molecule has 0 heterocycles. The number of Topliss-reactive ketones (excluding diaryl/α,β-unsaturated/α-hetero) is 1. The molecule has 0 saturated heterocycles. The topological polar surface area (TPSA) is 55.4 Å². The molecule has 0 radical (unpaired) electrons. The maximum atomic E-state index is 12.3. The summed E-state index contributed by atoms with van der Waals surface area (Å²) in [6.07, 6.45) is 1.23. The Hall–Kier alpha value is -2.46. The second-order valence-corrected chi connectivity index (χ2v) is 6.87. The summed E-state index contributed by atoms with van der Waals surface area (Å²) in [6.45, 7) is 7.04. The number of amides is 1. The number of aryl methyl sites for hydroxylation is 2. The molecular formula is C23H29NO3. The van der Waals surface area contributed by atoms with Crippen LogP contribution in [-0.2, 0) is 9.53 Å². The highest BCUT2D eigenvalue weighted by molar-refractivity contribution is 5.99. The van der Waals surface area contributed by atoms with Crippen molar-refractivity contribution in [1.82, 2.24) is 5.32 Å². The monoisotopic (exact) mass is 367 g/mol. The van der Waals surface area contributed by atoms with E-state index in [9.17, 15) is 9.59 Å². The van der Waals surface area contributed by atoms with Gasteiger partial charge in [0.05, 0.1) is 6.10 Å². The van der Waals surface area contributed by atoms with Gasteiger partial charge < -0.3 is 10.1 Å². The smallest absolute Gasteiger partial charge is 0.220 e. The third-order valence-electron chi connectivity index (χ3n) is 4.55. The molecular weight excluding hydrogens is 338 g/mol. The van der Waals surface area contributed by atoms with Crippen molar-refractivity contribution < 1.29 is 14.3 Å². The van der Waals surface area contributed by atoms with E-state index in [0.717, 1.165) is 23.1 Å². The number of rotatable bonds is 10. The van der Waals surface area contributed by atoms with Crippen LogP contribution in [0.3, 0.4) is 0 Å². The molecule has 4 heteroatoms. The van der Waals surface area contributed by atoms with Crippen molar-refractivity contribution in [2.75, 3.05) is 13.2 Å². The molecule has 1 unspecified atom stereocenters. The van der Waals surface area contributed by atoms with Gasteiger partial charge in [-0.15, -0.1) is 0 Å². The minimum atomic E-state index is -0.0928. The largest absolute Gasteiger partial charge is 0.374 e. The molecule has 1 atom stereocenters. The van der Waals surface area contributed by atoms with Crippen LogP contribution in [0.15, 0.2) is 48.5 Å². The van der Waals surface area contributed by atoms with E-state index in [1.165, 1.54) is 0 Å². The van der Waals surface area contributed by atoms with Gasteiger partial charge in [0.15, 0.2) is 5.78 Å². The lowest BCUT2D eigenvalue weighted by atomic mass is 9.99. The molecule has 0 aliphatic heterocycles. The maximum Gasteiger partial charge on any atom is 0.220 e. The van der Waals surface area contributed by atoms with E-state index in [1.54, 1.807) is 0 Å². The van der Waals surface area contributed by atoms with Gasteiger partial charge in [-0.05, 0) is 44.4 Å². The average Bonchev–Trinajstić information content (AvgIpc) is 2.68. The van der Waals surface area contributed by atoms with Crippen molar-refractivity contribution in [1.29, 1.82) is 0 Å². The fourth-order valence-corrected chi connectivity index (χ4v) is 2.87. The fraction of sp³-hybridized carbons (Fsp3) is 0.391. The number of ketones is 1. The van der Waals surface area contributed by atoms with Crippen LogP contribution < -0.4 is 5.32 Å². The first-order valence-corrected chi connectivity index (χ1v) is 9.51. The number of benzene rings is 2. The number of carbonyl (C=O) groups is 2. The van der Waals surface area contributed by atoms with E-state index < -0.39 is 0 Å². The van der Waals surface area contributed by atoms with Crippen molar-refractivity contribution in [3.05, 3.63) is 70.8 Å². The number of hydrogen-bond acceptors (Lipinski definition) is 3. The minimum Gasteiger partial charge on any atom is -0.374 e. The third-order valence-corrected chi connectivity index (χ3v) is 4.55. The first kappa shape index (κ1) is 20.8. The first-order valence-electron chi connectivity index (χ1n) is 9.51. The van der Waals surface area contributed by atoms with Gasteiger partial charge in [0.25, 0.3) is 0 Å². The summed E-state index contributed by atoms with van der Waals surface area (Å²) >= 11 is 0. The third kappa shape index (κ3) is 6.99. The SMILES string of the molecule is Cc1ccc(C)c(C(=O)CCC(=O)NCCCOC(C)c2ccccc2)c1. The predicted octanol–water partition coefficient (Wildman–Crippen LogP) is 4.55. The molecule has 144 valence electrons. The Balaban J connectivity index is 1.62. The molecule has 2 rings (SSSR count). The summed E-state index contributed by atoms with van der Waals surface area (Å²) in [5.74, 6) is -0.0730. The Morgan fingerprint density at radius 2 is 1.78 bits per heavy atom. The van der Waals surface area contributed by atoms with Gasteiger partial charge in [-0.25, -0.2) is 0 Å². The predicted molar refractivity (Wildman–Crippen MR) is 108 cm³/mol. The zero-order chi connectivity index (χ0) is 19.6. The van der Waals surface area contributed by atoms with Crippen LogP contribution in [0, 0.1) is 13.8 Å². The number of hydrogen-bond donors (Lipinski definition) is 1. The second kappa shape index (κ2) is 10.6. The van der Waals surface area contributed by atoms with Gasteiger partial charge in [0.1, 0.15) is 0 Å². The molecule has 0 bridgehead atoms. The Labute approximate surface area is 161 Å². The van der Waals surface area contributed by atoms with E-state index in [2.05, 4.69) is 5.32 Å². The Morgan fingerprint density at radius 1 is 1.04 bits per heavy atom. The summed E-state index contributed by atoms with van der Waals surface area (Å²) in [5.41, 5.74) is 3.87. The lowest BCUT2D eigenvalue weighted by molar-refractivity contribution is -0.121. The number of ether oxygens (including phenoxy) is 1. The van der Waals surface area contributed by atoms with Crippen LogP contribution in [0.25, 0.3) is 0 Å². The van der Waals surface area contributed by atoms with Crippen LogP contribution in [0.2, 0.25) is 0 Å². The molecule has 2 aromatic carbocycles. The quantitative estimate of drug-likeness (QED) is 0.495. The van der Waals surface area contributed by atoms with Gasteiger partial charge >= 0.3 is 0 Å². The summed E-state index contributed by atoms with van der Waals surface area (Å²) in [7, 11) is 0. The molecule has 0 aliphatic carbocycles. The number of nitrogens with one attached hydrogen (secondary N) is 1. The van der Waals surface area contributed by atoms with E-state index in [0.29, 0.717) is 18.7 Å². The highest BCUT2D eigenvalue weighted by Crippen LogP contribution is 2.16. The Morgan fingerprint density at radius 3 is 2.52 bits per heavy atom. The molecule has 0 aliphatic rings. The van der Waals surface area contributed by atoms with Crippen LogP contribution >= 0.6 is 0 Å². The zero-order valence-corrected chi connectivity index (χ0v) is 16.5. The highest BCUT2D eigenvalue weighted by Gasteiger charge is 2.12. The molecule has 1 amide bonds. The van der Waals surface area contributed by atoms with Crippen molar-refractivity contribution in [3.8, 4) is 0 Å². The van der Waals surface area contributed by atoms with E-state index in [1.807, 2.05) is 69.3 Å². The first-order chi connectivity index (χ1) is 13.0. The second-order valence-electron chi connectivity index (χ2n) is 6.87. The lowest BCUT2D eigenvalue weighted by Gasteiger charge is -2.13. The van der Waals surface area contributed by atoms with Crippen LogP contribution in [0.5, 0.6) is 0 Å². The summed E-state index contributed by atoms with van der Waals surface area (Å²) in [5, 5.41) is 2.86. The molecule has 27 heavy (non-hydrogen) atoms. The van der Waals surface area contributed by atoms with E-state index in [4.69, 9.17) is 4.74 Å². The maximum absolute atomic E-state index is 12.3. The van der Waals surface area contributed by atoms with Gasteiger partial charge in [0, 0.05) is 31.6 Å². The molecule has 0 fully saturated rings. The molecule has 0 saturated carbocycles. The van der Waals surface area contributed by atoms with Crippen molar-refractivity contribution in [2.45, 2.75) is 46.1 Å². The zero-order valence-electron chi connectivity index (χ0n) is 16.5. The lowest BCUT2D eigenvalue weighted by Crippen LogP contribution is -2.25. The fourth-order valence-electron chi connectivity index (χ4n) is 2.87. The Kier molecular flexibility index (Phi) is 8.21. The van der Waals surface area contributed by atoms with Crippen LogP contribution in [-0.4, -0.2) is 24.8 Å². The normalized spacial score (nSPS) is 11.8. The van der Waals surface area contributed by atoms with Crippen molar-refractivity contribution in [3.63, 3.8) is 0 Å². The van der Waals surface area contributed by atoms with Crippen LogP contribution in [0.4, 0.5) is 0 Å². The minimum absolute atomic E-state index is 0.0198. The van der Waals surface area contributed by atoms with Gasteiger partial charge in [-0.2, -0.15) is 0 Å². The summed E-state index contributed by atoms with van der Waals surface area (Å²) < 4.78 is 5.78. The number of carbonyl (C=O) groups excluding carboxylic acids is 2. The van der Waals surface area contributed by atoms with E-state index >= 15 is 0 Å². The van der Waals surface area contributed by atoms with Gasteiger partial charge in [0.2, 0.25) is 5.91 Å². The summed E-state index contributed by atoms with van der Waals surface area (Å²) in [4.78, 5) is 24.3. The molecule has 0 spiro atoms. The molecule has 2 aromatic rings. The van der Waals surface area contributed by atoms with Gasteiger partial charge in [-0.3, -0.25) is 9.59 Å².